The maximum Gasteiger partial charge on any atom is 0.252 e. The molecule has 0 atom stereocenters. The summed E-state index contributed by atoms with van der Waals surface area (Å²) in [6.07, 6.45) is 0. The van der Waals surface area contributed by atoms with Gasteiger partial charge in [-0.1, -0.05) is 399 Å². The number of benzene rings is 20. The molecule has 0 fully saturated rings. The quantitative estimate of drug-likeness (QED) is 0.113. The SMILES string of the molecule is C[Si](C)(C)c1ccc(-c2cc3c4c(c2)N(c2ccccc2)c2c(ccc5ccccc25)B4c2ccc4ccccc4c2N3c2ccccc2)cc1.Cc1ccc(N2c3ccc(C)cc3B3c4cc(C)ccc4N(c4ccc(C)cc4)c4cc(-c5ccc([Si](C)(C)C)cc5)cc2c43)cc1.Cc1ccc(N2c3ccc(C)cc3B3c4ccccc4N(c4ccccc4)c4cc(-c5ccc([Si](C)(C)C)cc5)cc2c43)cc1. The van der Waals surface area contributed by atoms with Crippen LogP contribution in [0.15, 0.2) is 425 Å². The Kier molecular flexibility index (Phi) is 22.3. The van der Waals surface area contributed by atoms with Crippen LogP contribution in [0.3, 0.4) is 0 Å². The molecule has 0 bridgehead atoms. The largest absolute Gasteiger partial charge is 0.311 e. The Bertz CT molecular complexity index is 8140. The number of anilines is 18. The molecule has 6 aliphatic rings. The smallest absolute Gasteiger partial charge is 0.252 e. The Labute approximate surface area is 847 Å². The van der Waals surface area contributed by atoms with Gasteiger partial charge in [0.15, 0.2) is 0 Å². The Balaban J connectivity index is 0.000000116. The minimum atomic E-state index is -1.46. The fraction of sp³-hybridized carbons (Fsp3) is 0.115. The molecule has 26 rings (SSSR count). The molecule has 0 unspecified atom stereocenters. The number of para-hydroxylation sites is 4. The van der Waals surface area contributed by atoms with Crippen LogP contribution in [0.2, 0.25) is 58.9 Å². The van der Waals surface area contributed by atoms with Gasteiger partial charge in [0.05, 0.1) is 24.2 Å². The van der Waals surface area contributed by atoms with E-state index in [-0.39, 0.29) is 20.1 Å². The van der Waals surface area contributed by atoms with Gasteiger partial charge in [0, 0.05) is 113 Å². The zero-order valence-electron chi connectivity index (χ0n) is 84.3. The van der Waals surface area contributed by atoms with Gasteiger partial charge >= 0.3 is 0 Å². The minimum Gasteiger partial charge on any atom is -0.311 e. The summed E-state index contributed by atoms with van der Waals surface area (Å²) < 4.78 is 0. The fourth-order valence-electron chi connectivity index (χ4n) is 23.3. The topological polar surface area (TPSA) is 19.4 Å². The molecule has 0 N–H and O–H groups in total. The molecule has 0 saturated carbocycles. The molecule has 20 aromatic carbocycles. The standard InChI is InChI=1S/C47H37BN2Si.C43H41BN2Si.C41H37BN2Si/c1-51(2,3)38-26-22-32(23-27-38)35-30-43-45-44(31-35)50(37-18-8-5-9-19-37)47-40-21-13-11-15-34(40)25-29-42(47)48(45)41-28-24-33-14-10-12-20-39(33)46(41)49(43)36-16-6-4-7-17-36;1-28-8-16-34(17-9-28)45-39-22-12-30(3)24-37(39)44-38-25-31(4)13-23-40(38)46(35-18-10-29(2)11-19-35)42-27-33(26-41(45)43(42)44)32-14-20-36(21-15-32)47(5,6)7;1-28-15-20-33(21-16-28)44-38-24-17-29(2)25-36(38)42-35-13-9-10-14-37(35)43(32-11-7-6-8-12-32)39-26-31(27-40(44)41(39)42)30-18-22-34(23-19-30)45(3,4)5/h4-31H,1-3H3;8-27H,1-7H3;6-27H,1-5H3. The van der Waals surface area contributed by atoms with E-state index in [1.807, 2.05) is 0 Å². The number of hydrogen-bond acceptors (Lipinski definition) is 6. The third-order valence-corrected chi connectivity index (χ3v) is 36.7. The van der Waals surface area contributed by atoms with E-state index in [4.69, 9.17) is 0 Å². The molecule has 6 nitrogen and oxygen atoms in total. The molecule has 0 amide bonds. The van der Waals surface area contributed by atoms with Gasteiger partial charge in [0.1, 0.15) is 0 Å². The van der Waals surface area contributed by atoms with E-state index in [0.29, 0.717) is 0 Å². The predicted molar refractivity (Wildman–Crippen MR) is 630 cm³/mol. The van der Waals surface area contributed by atoms with Crippen molar-refractivity contribution in [3.63, 3.8) is 0 Å². The second-order valence-corrected chi connectivity index (χ2v) is 58.5. The lowest BCUT2D eigenvalue weighted by atomic mass is 9.33. The molecule has 20 aromatic rings. The van der Waals surface area contributed by atoms with Crippen LogP contribution in [0.1, 0.15) is 33.4 Å². The second kappa shape index (κ2) is 35.4. The predicted octanol–water partition coefficient (Wildman–Crippen LogP) is 28.1. The Hall–Kier alpha value is -15.4. The van der Waals surface area contributed by atoms with Gasteiger partial charge < -0.3 is 29.4 Å². The van der Waals surface area contributed by atoms with Crippen molar-refractivity contribution < 1.29 is 0 Å². The molecule has 0 saturated heterocycles. The fourth-order valence-corrected chi connectivity index (χ4v) is 26.8. The highest BCUT2D eigenvalue weighted by atomic mass is 28.3. The molecule has 0 aromatic heterocycles. The van der Waals surface area contributed by atoms with Crippen LogP contribution in [-0.4, -0.2) is 44.4 Å². The van der Waals surface area contributed by atoms with Crippen LogP contribution < -0.4 is 94.1 Å². The minimum absolute atomic E-state index is 0.0532. The summed E-state index contributed by atoms with van der Waals surface area (Å²) in [5.74, 6) is 0. The highest BCUT2D eigenvalue weighted by Gasteiger charge is 2.49. The van der Waals surface area contributed by atoms with E-state index in [1.165, 1.54) is 244 Å². The number of nitrogens with zero attached hydrogens (tertiary/aromatic N) is 6. The lowest BCUT2D eigenvalue weighted by molar-refractivity contribution is 1.24. The van der Waals surface area contributed by atoms with Crippen molar-refractivity contribution in [2.45, 2.75) is 100 Å². The summed E-state index contributed by atoms with van der Waals surface area (Å²) in [6.45, 7) is 35.2. The molecule has 6 aliphatic heterocycles. The van der Waals surface area contributed by atoms with E-state index in [2.05, 4.69) is 555 Å². The summed E-state index contributed by atoms with van der Waals surface area (Å²) in [7, 11) is -4.29. The van der Waals surface area contributed by atoms with Gasteiger partial charge in [0.2, 0.25) is 0 Å². The van der Waals surface area contributed by atoms with Crippen molar-refractivity contribution in [2.24, 2.45) is 0 Å². The third-order valence-electron chi connectivity index (χ3n) is 30.5. The molecule has 143 heavy (non-hydrogen) atoms. The first-order valence-electron chi connectivity index (χ1n) is 50.8. The highest BCUT2D eigenvalue weighted by Crippen LogP contribution is 2.53. The van der Waals surface area contributed by atoms with Crippen LogP contribution in [0.25, 0.3) is 54.9 Å². The van der Waals surface area contributed by atoms with Crippen LogP contribution in [0.5, 0.6) is 0 Å². The third kappa shape index (κ3) is 15.8. The van der Waals surface area contributed by atoms with Crippen LogP contribution in [-0.2, 0) is 0 Å². The van der Waals surface area contributed by atoms with E-state index >= 15 is 0 Å². The van der Waals surface area contributed by atoms with Gasteiger partial charge in [-0.2, -0.15) is 0 Å². The van der Waals surface area contributed by atoms with Crippen molar-refractivity contribution in [2.75, 3.05) is 29.4 Å². The molecule has 0 radical (unpaired) electrons. The first-order valence-corrected chi connectivity index (χ1v) is 61.3. The zero-order chi connectivity index (χ0) is 97.8. The van der Waals surface area contributed by atoms with Gasteiger partial charge in [-0.05, 0) is 268 Å². The lowest BCUT2D eigenvalue weighted by Crippen LogP contribution is -2.61. The zero-order valence-corrected chi connectivity index (χ0v) is 87.3. The maximum absolute atomic E-state index is 2.54. The molecule has 0 aliphatic carbocycles. The number of aryl methyl sites for hydroxylation is 6. The average Bonchev–Trinajstić information content (AvgIpc) is 0.686. The summed E-state index contributed by atoms with van der Waals surface area (Å²) in [4.78, 5) is 15.1. The first kappa shape index (κ1) is 90.1. The van der Waals surface area contributed by atoms with E-state index in [0.717, 1.165) is 11.4 Å². The Morgan fingerprint density at radius 3 is 0.727 bits per heavy atom. The number of rotatable bonds is 12. The molecular formula is C131H115B3N6Si3. The first-order chi connectivity index (χ1) is 69.3. The number of fused-ring (bicyclic) bond motifs is 16. The highest BCUT2D eigenvalue weighted by molar-refractivity contribution is 7.02. The van der Waals surface area contributed by atoms with Crippen molar-refractivity contribution in [3.05, 3.63) is 458 Å². The van der Waals surface area contributed by atoms with Crippen LogP contribution in [0, 0.1) is 41.5 Å². The van der Waals surface area contributed by atoms with Crippen molar-refractivity contribution in [3.8, 4) is 33.4 Å². The van der Waals surface area contributed by atoms with Gasteiger partial charge in [-0.25, -0.2) is 0 Å². The van der Waals surface area contributed by atoms with Crippen molar-refractivity contribution in [1.82, 2.24) is 0 Å². The normalized spacial score (nSPS) is 13.3. The molecule has 6 heterocycles. The van der Waals surface area contributed by atoms with Crippen LogP contribution >= 0.6 is 0 Å². The summed E-state index contributed by atoms with van der Waals surface area (Å²) in [5.41, 5.74) is 49.3. The van der Waals surface area contributed by atoms with Gasteiger partial charge in [-0.3, -0.25) is 0 Å². The second-order valence-electron chi connectivity index (χ2n) is 43.3. The summed E-state index contributed by atoms with van der Waals surface area (Å²) in [6, 6.07) is 160. The number of hydrogen-bond donors (Lipinski definition) is 0. The van der Waals surface area contributed by atoms with Crippen molar-refractivity contribution >= 4 is 233 Å². The van der Waals surface area contributed by atoms with E-state index in [9.17, 15) is 0 Å². The maximum atomic E-state index is 2.54. The molecule has 12 heteroatoms. The van der Waals surface area contributed by atoms with E-state index in [1.54, 1.807) is 0 Å². The Morgan fingerprint density at radius 1 is 0.168 bits per heavy atom. The lowest BCUT2D eigenvalue weighted by Gasteiger charge is -2.45. The summed E-state index contributed by atoms with van der Waals surface area (Å²) in [5, 5.41) is 9.47. The van der Waals surface area contributed by atoms with Gasteiger partial charge in [0.25, 0.3) is 20.1 Å². The molecule has 0 spiro atoms. The van der Waals surface area contributed by atoms with E-state index < -0.39 is 24.2 Å². The van der Waals surface area contributed by atoms with Crippen LogP contribution in [0.4, 0.5) is 102 Å². The monoisotopic (exact) mass is 1890 g/mol. The average molecular weight is 1890 g/mol. The summed E-state index contributed by atoms with van der Waals surface area (Å²) >= 11 is 0. The van der Waals surface area contributed by atoms with Crippen molar-refractivity contribution in [1.29, 1.82) is 0 Å². The Morgan fingerprint density at radius 2 is 0.413 bits per heavy atom. The molecule has 690 valence electrons. The molecular weight excluding hydrogens is 1770 g/mol. The van der Waals surface area contributed by atoms with Gasteiger partial charge in [-0.15, -0.1) is 0 Å².